The van der Waals surface area contributed by atoms with Gasteiger partial charge in [0.2, 0.25) is 5.89 Å². The molecule has 3 aromatic rings. The zero-order valence-electron chi connectivity index (χ0n) is 14.2. The van der Waals surface area contributed by atoms with Crippen LogP contribution in [0.4, 0.5) is 0 Å². The van der Waals surface area contributed by atoms with Crippen molar-refractivity contribution in [1.29, 1.82) is 0 Å². The first-order valence-electron chi connectivity index (χ1n) is 7.82. The quantitative estimate of drug-likeness (QED) is 0.745. The van der Waals surface area contributed by atoms with Gasteiger partial charge in [-0.25, -0.2) is 8.42 Å². The number of hydrogen-bond donors (Lipinski definition) is 1. The maximum Gasteiger partial charge on any atom is 0.251 e. The van der Waals surface area contributed by atoms with Crippen LogP contribution in [-0.4, -0.2) is 29.8 Å². The molecule has 132 valence electrons. The van der Waals surface area contributed by atoms with Gasteiger partial charge in [0.25, 0.3) is 5.56 Å². The molecule has 1 aromatic carbocycles. The molecule has 0 fully saturated rings. The normalized spacial score (nSPS) is 12.6. The second-order valence-corrected chi connectivity index (χ2v) is 9.07. The lowest BCUT2D eigenvalue weighted by molar-refractivity contribution is 0.368. The Kier molecular flexibility index (Phi) is 4.24. The summed E-state index contributed by atoms with van der Waals surface area (Å²) in [6.07, 6.45) is 1.91. The molecule has 0 aliphatic heterocycles. The Morgan fingerprint density at radius 1 is 1.20 bits per heavy atom. The van der Waals surface area contributed by atoms with Crippen molar-refractivity contribution in [3.63, 3.8) is 0 Å². The number of fused-ring (bicyclic) bond motifs is 1. The number of para-hydroxylation sites is 1. The van der Waals surface area contributed by atoms with E-state index in [2.05, 4.69) is 15.1 Å². The molecular formula is C17H19N3O4S. The number of benzene rings is 1. The van der Waals surface area contributed by atoms with E-state index in [4.69, 9.17) is 4.52 Å². The van der Waals surface area contributed by atoms with Crippen LogP contribution in [0, 0.1) is 0 Å². The van der Waals surface area contributed by atoms with Gasteiger partial charge in [0, 0.05) is 23.8 Å². The summed E-state index contributed by atoms with van der Waals surface area (Å²) in [5, 5.41) is 4.73. The molecule has 2 aromatic heterocycles. The monoisotopic (exact) mass is 361 g/mol. The summed E-state index contributed by atoms with van der Waals surface area (Å²) in [7, 11) is -3.38. The molecule has 0 bridgehead atoms. The van der Waals surface area contributed by atoms with Gasteiger partial charge < -0.3 is 9.51 Å². The smallest absolute Gasteiger partial charge is 0.251 e. The van der Waals surface area contributed by atoms with Gasteiger partial charge in [0.1, 0.15) is 4.75 Å². The van der Waals surface area contributed by atoms with Crippen LogP contribution in [0.1, 0.15) is 31.1 Å². The number of aryl methyl sites for hydroxylation is 2. The minimum atomic E-state index is -3.38. The SMILES string of the molecule is CC(C)(c1noc(CCc2cc3ccccc3[nH]c2=O)n1)S(C)(=O)=O. The third kappa shape index (κ3) is 3.34. The molecule has 0 amide bonds. The molecule has 1 N–H and O–H groups in total. The number of aromatic amines is 1. The predicted molar refractivity (Wildman–Crippen MR) is 94.1 cm³/mol. The summed E-state index contributed by atoms with van der Waals surface area (Å²) >= 11 is 0. The molecular weight excluding hydrogens is 342 g/mol. The van der Waals surface area contributed by atoms with Crippen LogP contribution < -0.4 is 5.56 Å². The summed E-state index contributed by atoms with van der Waals surface area (Å²) in [6.45, 7) is 3.07. The van der Waals surface area contributed by atoms with Crippen LogP contribution in [0.25, 0.3) is 10.9 Å². The molecule has 3 rings (SSSR count). The van der Waals surface area contributed by atoms with E-state index in [1.165, 1.54) is 13.8 Å². The fourth-order valence-corrected chi connectivity index (χ4v) is 2.80. The van der Waals surface area contributed by atoms with Crippen molar-refractivity contribution in [1.82, 2.24) is 15.1 Å². The zero-order valence-corrected chi connectivity index (χ0v) is 15.1. The minimum Gasteiger partial charge on any atom is -0.339 e. The number of H-pyrrole nitrogens is 1. The van der Waals surface area contributed by atoms with Crippen LogP contribution >= 0.6 is 0 Å². The molecule has 0 aliphatic rings. The highest BCUT2D eigenvalue weighted by atomic mass is 32.2. The average Bonchev–Trinajstić information content (AvgIpc) is 3.01. The van der Waals surface area contributed by atoms with Crippen molar-refractivity contribution in [2.75, 3.05) is 6.26 Å². The molecule has 0 atom stereocenters. The lowest BCUT2D eigenvalue weighted by Gasteiger charge is -2.17. The standard InChI is InChI=1S/C17H19N3O4S/c1-17(2,25(3,22)23)16-19-14(24-20-16)9-8-12-10-11-6-4-5-7-13(11)18-15(12)21/h4-7,10H,8-9H2,1-3H3,(H,18,21). The number of rotatable bonds is 5. The highest BCUT2D eigenvalue weighted by Crippen LogP contribution is 2.26. The summed E-state index contributed by atoms with van der Waals surface area (Å²) in [5.74, 6) is 0.428. The van der Waals surface area contributed by atoms with E-state index >= 15 is 0 Å². The Labute approximate surface area is 145 Å². The van der Waals surface area contributed by atoms with E-state index in [0.29, 0.717) is 24.3 Å². The molecule has 25 heavy (non-hydrogen) atoms. The highest BCUT2D eigenvalue weighted by molar-refractivity contribution is 7.91. The van der Waals surface area contributed by atoms with Gasteiger partial charge in [-0.05, 0) is 37.8 Å². The Balaban J connectivity index is 1.81. The van der Waals surface area contributed by atoms with Gasteiger partial charge in [-0.2, -0.15) is 4.98 Å². The second-order valence-electron chi connectivity index (χ2n) is 6.51. The molecule has 0 aliphatic carbocycles. The van der Waals surface area contributed by atoms with Crippen LogP contribution in [0.15, 0.2) is 39.6 Å². The largest absolute Gasteiger partial charge is 0.339 e. The average molecular weight is 361 g/mol. The van der Waals surface area contributed by atoms with Gasteiger partial charge in [-0.1, -0.05) is 23.4 Å². The van der Waals surface area contributed by atoms with Crippen molar-refractivity contribution in [3.8, 4) is 0 Å². The summed E-state index contributed by atoms with van der Waals surface area (Å²) < 4.78 is 27.6. The van der Waals surface area contributed by atoms with Crippen molar-refractivity contribution in [2.24, 2.45) is 0 Å². The highest BCUT2D eigenvalue weighted by Gasteiger charge is 2.37. The maximum absolute atomic E-state index is 12.1. The van der Waals surface area contributed by atoms with Crippen molar-refractivity contribution >= 4 is 20.7 Å². The summed E-state index contributed by atoms with van der Waals surface area (Å²) in [4.78, 5) is 19.2. The molecule has 0 saturated heterocycles. The summed E-state index contributed by atoms with van der Waals surface area (Å²) in [5.41, 5.74) is 1.24. The fraction of sp³-hybridized carbons (Fsp3) is 0.353. The van der Waals surface area contributed by atoms with Crippen molar-refractivity contribution < 1.29 is 12.9 Å². The Hall–Kier alpha value is -2.48. The third-order valence-electron chi connectivity index (χ3n) is 4.37. The van der Waals surface area contributed by atoms with Gasteiger partial charge in [-0.15, -0.1) is 0 Å². The zero-order chi connectivity index (χ0) is 18.2. The molecule has 2 heterocycles. The number of hydrogen-bond acceptors (Lipinski definition) is 6. The molecule has 0 saturated carbocycles. The lowest BCUT2D eigenvalue weighted by atomic mass is 10.1. The Bertz CT molecular complexity index is 1080. The van der Waals surface area contributed by atoms with Gasteiger partial charge >= 0.3 is 0 Å². The van der Waals surface area contributed by atoms with Crippen LogP contribution in [-0.2, 0) is 27.4 Å². The van der Waals surface area contributed by atoms with Gasteiger partial charge in [0.15, 0.2) is 15.7 Å². The number of sulfone groups is 1. The molecule has 0 unspecified atom stereocenters. The van der Waals surface area contributed by atoms with Crippen molar-refractivity contribution in [2.45, 2.75) is 31.4 Å². The molecule has 7 nitrogen and oxygen atoms in total. The molecule has 8 heteroatoms. The van der Waals surface area contributed by atoms with E-state index in [0.717, 1.165) is 17.2 Å². The topological polar surface area (TPSA) is 106 Å². The molecule has 0 spiro atoms. The van der Waals surface area contributed by atoms with E-state index in [1.807, 2.05) is 30.3 Å². The lowest BCUT2D eigenvalue weighted by Crippen LogP contribution is -2.29. The number of pyridine rings is 1. The van der Waals surface area contributed by atoms with E-state index < -0.39 is 14.6 Å². The van der Waals surface area contributed by atoms with Crippen LogP contribution in [0.5, 0.6) is 0 Å². The first-order chi connectivity index (χ1) is 11.7. The predicted octanol–water partition coefficient (Wildman–Crippen LogP) is 1.98. The van der Waals surface area contributed by atoms with Crippen LogP contribution in [0.3, 0.4) is 0 Å². The minimum absolute atomic E-state index is 0.123. The fourth-order valence-electron chi connectivity index (χ4n) is 2.39. The van der Waals surface area contributed by atoms with Gasteiger partial charge in [-0.3, -0.25) is 4.79 Å². The van der Waals surface area contributed by atoms with E-state index in [-0.39, 0.29) is 11.4 Å². The molecule has 0 radical (unpaired) electrons. The number of nitrogens with zero attached hydrogens (tertiary/aromatic N) is 2. The van der Waals surface area contributed by atoms with Crippen LogP contribution in [0.2, 0.25) is 0 Å². The Morgan fingerprint density at radius 2 is 1.92 bits per heavy atom. The summed E-state index contributed by atoms with van der Waals surface area (Å²) in [6, 6.07) is 9.38. The number of aromatic nitrogens is 3. The van der Waals surface area contributed by atoms with Gasteiger partial charge in [0.05, 0.1) is 0 Å². The number of nitrogens with one attached hydrogen (secondary N) is 1. The Morgan fingerprint density at radius 3 is 2.64 bits per heavy atom. The third-order valence-corrected chi connectivity index (χ3v) is 6.41. The van der Waals surface area contributed by atoms with E-state index in [1.54, 1.807) is 0 Å². The first kappa shape index (κ1) is 17.3. The second kappa shape index (κ2) is 6.11. The first-order valence-corrected chi connectivity index (χ1v) is 9.71. The van der Waals surface area contributed by atoms with E-state index in [9.17, 15) is 13.2 Å². The van der Waals surface area contributed by atoms with Crippen molar-refractivity contribution in [3.05, 3.63) is 58.0 Å². The maximum atomic E-state index is 12.1.